The number of hydrogen-bond donors (Lipinski definition) is 2. The maximum atomic E-state index is 11.2. The van der Waals surface area contributed by atoms with Crippen LogP contribution in [-0.2, 0) is 4.79 Å². The lowest BCUT2D eigenvalue weighted by Crippen LogP contribution is -2.24. The molecule has 0 saturated carbocycles. The molecule has 1 aromatic carbocycles. The zero-order valence-corrected chi connectivity index (χ0v) is 9.42. The molecule has 0 aliphatic carbocycles. The fourth-order valence-electron chi connectivity index (χ4n) is 1.40. The minimum absolute atomic E-state index is 0.000370. The summed E-state index contributed by atoms with van der Waals surface area (Å²) in [7, 11) is 1.62. The Morgan fingerprint density at radius 3 is 2.53 bits per heavy atom. The minimum atomic E-state index is 0.000370. The van der Waals surface area contributed by atoms with Crippen molar-refractivity contribution in [2.24, 2.45) is 5.73 Å². The Bertz CT molecular complexity index is 324. The molecule has 0 fully saturated rings. The first-order valence-electron chi connectivity index (χ1n) is 4.83. The van der Waals surface area contributed by atoms with Crippen molar-refractivity contribution in [2.45, 2.75) is 12.3 Å². The van der Waals surface area contributed by atoms with E-state index in [1.54, 1.807) is 7.05 Å². The molecule has 0 heterocycles. The van der Waals surface area contributed by atoms with Gasteiger partial charge in [0.2, 0.25) is 5.91 Å². The number of nitrogens with one attached hydrogen (secondary N) is 1. The first kappa shape index (κ1) is 12.0. The highest BCUT2D eigenvalue weighted by Crippen LogP contribution is 2.20. The van der Waals surface area contributed by atoms with Crippen LogP contribution in [0.2, 0.25) is 5.02 Å². The van der Waals surface area contributed by atoms with Crippen LogP contribution in [0, 0.1) is 0 Å². The molecule has 0 spiro atoms. The van der Waals surface area contributed by atoms with E-state index in [4.69, 9.17) is 17.3 Å². The Morgan fingerprint density at radius 1 is 1.47 bits per heavy atom. The molecule has 0 aromatic heterocycles. The molecule has 1 amide bonds. The molecule has 3 N–H and O–H groups in total. The maximum Gasteiger partial charge on any atom is 0.220 e. The van der Waals surface area contributed by atoms with Gasteiger partial charge in [0, 0.05) is 24.4 Å². The quantitative estimate of drug-likeness (QED) is 0.818. The summed E-state index contributed by atoms with van der Waals surface area (Å²) in [6.07, 6.45) is 0.411. The standard InChI is InChI=1S/C11H15ClN2O/c1-14-11(15)6-9(7-13)8-2-4-10(12)5-3-8/h2-5,9H,6-7,13H2,1H3,(H,14,15). The van der Waals surface area contributed by atoms with Crippen molar-refractivity contribution < 1.29 is 4.79 Å². The topological polar surface area (TPSA) is 55.1 Å². The summed E-state index contributed by atoms with van der Waals surface area (Å²) in [5, 5.41) is 3.28. The van der Waals surface area contributed by atoms with Gasteiger partial charge >= 0.3 is 0 Å². The van der Waals surface area contributed by atoms with Gasteiger partial charge in [-0.05, 0) is 24.2 Å². The van der Waals surface area contributed by atoms with E-state index >= 15 is 0 Å². The van der Waals surface area contributed by atoms with Gasteiger partial charge in [-0.15, -0.1) is 0 Å². The number of carbonyl (C=O) groups excluding carboxylic acids is 1. The van der Waals surface area contributed by atoms with Crippen LogP contribution in [0.25, 0.3) is 0 Å². The molecular formula is C11H15ClN2O. The zero-order valence-electron chi connectivity index (χ0n) is 8.66. The van der Waals surface area contributed by atoms with Gasteiger partial charge in [-0.1, -0.05) is 23.7 Å². The van der Waals surface area contributed by atoms with E-state index in [0.29, 0.717) is 18.0 Å². The van der Waals surface area contributed by atoms with Crippen LogP contribution in [0.5, 0.6) is 0 Å². The molecule has 4 heteroatoms. The summed E-state index contributed by atoms with van der Waals surface area (Å²) in [5.41, 5.74) is 6.68. The number of nitrogens with two attached hydrogens (primary N) is 1. The lowest BCUT2D eigenvalue weighted by atomic mass is 9.95. The summed E-state index contributed by atoms with van der Waals surface area (Å²) in [6.45, 7) is 0.453. The maximum absolute atomic E-state index is 11.2. The first-order chi connectivity index (χ1) is 7.17. The Hall–Kier alpha value is -1.06. The summed E-state index contributed by atoms with van der Waals surface area (Å²) in [5.74, 6) is 0.0580. The van der Waals surface area contributed by atoms with Crippen LogP contribution in [0.1, 0.15) is 17.9 Å². The van der Waals surface area contributed by atoms with Gasteiger partial charge in [-0.25, -0.2) is 0 Å². The van der Waals surface area contributed by atoms with Gasteiger partial charge in [-0.2, -0.15) is 0 Å². The Kier molecular flexibility index (Phi) is 4.59. The highest BCUT2D eigenvalue weighted by Gasteiger charge is 2.13. The molecular weight excluding hydrogens is 212 g/mol. The molecule has 1 atom stereocenters. The third-order valence-corrected chi connectivity index (χ3v) is 2.59. The molecule has 0 aliphatic rings. The molecule has 0 radical (unpaired) electrons. The van der Waals surface area contributed by atoms with Crippen LogP contribution in [0.3, 0.4) is 0 Å². The van der Waals surface area contributed by atoms with Crippen molar-refractivity contribution >= 4 is 17.5 Å². The predicted molar refractivity (Wildman–Crippen MR) is 61.9 cm³/mol. The van der Waals surface area contributed by atoms with Crippen molar-refractivity contribution in [3.63, 3.8) is 0 Å². The van der Waals surface area contributed by atoms with Crippen molar-refractivity contribution in [1.29, 1.82) is 0 Å². The normalized spacial score (nSPS) is 12.2. The van der Waals surface area contributed by atoms with E-state index in [1.165, 1.54) is 0 Å². The SMILES string of the molecule is CNC(=O)CC(CN)c1ccc(Cl)cc1. The van der Waals surface area contributed by atoms with Gasteiger partial charge in [0.1, 0.15) is 0 Å². The summed E-state index contributed by atoms with van der Waals surface area (Å²) < 4.78 is 0. The van der Waals surface area contributed by atoms with Crippen LogP contribution in [-0.4, -0.2) is 19.5 Å². The number of benzene rings is 1. The molecule has 1 aromatic rings. The molecule has 1 rings (SSSR count). The second kappa shape index (κ2) is 5.73. The molecule has 3 nitrogen and oxygen atoms in total. The third-order valence-electron chi connectivity index (χ3n) is 2.34. The van der Waals surface area contributed by atoms with Crippen LogP contribution < -0.4 is 11.1 Å². The average Bonchev–Trinajstić information content (AvgIpc) is 2.27. The third kappa shape index (κ3) is 3.53. The lowest BCUT2D eigenvalue weighted by molar-refractivity contribution is -0.120. The van der Waals surface area contributed by atoms with Crippen LogP contribution in [0.4, 0.5) is 0 Å². The Labute approximate surface area is 94.6 Å². The van der Waals surface area contributed by atoms with E-state index in [-0.39, 0.29) is 11.8 Å². The molecule has 0 saturated heterocycles. The number of hydrogen-bond acceptors (Lipinski definition) is 2. The molecule has 0 bridgehead atoms. The van der Waals surface area contributed by atoms with Crippen LogP contribution >= 0.6 is 11.6 Å². The van der Waals surface area contributed by atoms with Gasteiger partial charge < -0.3 is 11.1 Å². The van der Waals surface area contributed by atoms with E-state index in [2.05, 4.69) is 5.32 Å². The Morgan fingerprint density at radius 2 is 2.07 bits per heavy atom. The number of halogens is 1. The molecule has 0 aliphatic heterocycles. The van der Waals surface area contributed by atoms with Crippen LogP contribution in [0.15, 0.2) is 24.3 Å². The van der Waals surface area contributed by atoms with E-state index in [1.807, 2.05) is 24.3 Å². The van der Waals surface area contributed by atoms with Crippen molar-refractivity contribution in [1.82, 2.24) is 5.32 Å². The zero-order chi connectivity index (χ0) is 11.3. The molecule has 82 valence electrons. The second-order valence-electron chi connectivity index (χ2n) is 3.36. The number of carbonyl (C=O) groups is 1. The first-order valence-corrected chi connectivity index (χ1v) is 5.21. The Balaban J connectivity index is 2.74. The van der Waals surface area contributed by atoms with E-state index in [0.717, 1.165) is 5.56 Å². The van der Waals surface area contributed by atoms with E-state index in [9.17, 15) is 4.79 Å². The molecule has 15 heavy (non-hydrogen) atoms. The predicted octanol–water partition coefficient (Wildman–Crippen LogP) is 1.52. The summed E-state index contributed by atoms with van der Waals surface area (Å²) >= 11 is 5.78. The minimum Gasteiger partial charge on any atom is -0.359 e. The second-order valence-corrected chi connectivity index (χ2v) is 3.80. The van der Waals surface area contributed by atoms with Gasteiger partial charge in [0.05, 0.1) is 0 Å². The van der Waals surface area contributed by atoms with Gasteiger partial charge in [0.25, 0.3) is 0 Å². The molecule has 1 unspecified atom stereocenters. The van der Waals surface area contributed by atoms with Gasteiger partial charge in [-0.3, -0.25) is 4.79 Å². The number of rotatable bonds is 4. The fourth-order valence-corrected chi connectivity index (χ4v) is 1.52. The van der Waals surface area contributed by atoms with Crippen molar-refractivity contribution in [3.8, 4) is 0 Å². The largest absolute Gasteiger partial charge is 0.359 e. The van der Waals surface area contributed by atoms with Gasteiger partial charge in [0.15, 0.2) is 0 Å². The number of amides is 1. The highest BCUT2D eigenvalue weighted by atomic mass is 35.5. The fraction of sp³-hybridized carbons (Fsp3) is 0.364. The summed E-state index contributed by atoms with van der Waals surface area (Å²) in [4.78, 5) is 11.2. The summed E-state index contributed by atoms with van der Waals surface area (Å²) in [6, 6.07) is 7.43. The van der Waals surface area contributed by atoms with Crippen molar-refractivity contribution in [3.05, 3.63) is 34.9 Å². The highest BCUT2D eigenvalue weighted by molar-refractivity contribution is 6.30. The van der Waals surface area contributed by atoms with Crippen molar-refractivity contribution in [2.75, 3.05) is 13.6 Å². The van der Waals surface area contributed by atoms with E-state index < -0.39 is 0 Å². The average molecular weight is 227 g/mol. The monoisotopic (exact) mass is 226 g/mol. The smallest absolute Gasteiger partial charge is 0.220 e. The lowest BCUT2D eigenvalue weighted by Gasteiger charge is -2.14.